The predicted molar refractivity (Wildman–Crippen MR) is 88.5 cm³/mol. The Labute approximate surface area is 140 Å². The highest BCUT2D eigenvalue weighted by Gasteiger charge is 2.32. The number of halogens is 1. The van der Waals surface area contributed by atoms with Crippen LogP contribution in [0.5, 0.6) is 0 Å². The van der Waals surface area contributed by atoms with Crippen LogP contribution in [0.25, 0.3) is 0 Å². The SMILES string of the molecule is Cc1cnc(SC[C@H]2CCCN2C(=O)OC(C)(C)C)nc1Cl. The Bertz CT molecular complexity index is 548. The average Bonchev–Trinajstić information content (AvgIpc) is 2.87. The fourth-order valence-corrected chi connectivity index (χ4v) is 3.37. The van der Waals surface area contributed by atoms with E-state index in [1.807, 2.05) is 32.6 Å². The van der Waals surface area contributed by atoms with Crippen LogP contribution in [0.15, 0.2) is 11.4 Å². The predicted octanol–water partition coefficient (Wildman–Crippen LogP) is 3.93. The number of hydrogen-bond acceptors (Lipinski definition) is 5. The lowest BCUT2D eigenvalue weighted by molar-refractivity contribution is 0.0242. The van der Waals surface area contributed by atoms with Gasteiger partial charge in [0.2, 0.25) is 0 Å². The first-order valence-corrected chi connectivity index (χ1v) is 8.74. The third-order valence-electron chi connectivity index (χ3n) is 3.30. The van der Waals surface area contributed by atoms with Crippen LogP contribution in [-0.4, -0.2) is 44.9 Å². The molecule has 0 saturated carbocycles. The molecule has 1 aliphatic heterocycles. The first kappa shape index (κ1) is 17.3. The first-order valence-electron chi connectivity index (χ1n) is 7.38. The molecule has 0 spiro atoms. The van der Waals surface area contributed by atoms with Gasteiger partial charge < -0.3 is 9.64 Å². The van der Waals surface area contributed by atoms with Crippen molar-refractivity contribution in [1.29, 1.82) is 0 Å². The molecule has 1 aromatic rings. The van der Waals surface area contributed by atoms with Crippen molar-refractivity contribution in [2.45, 2.75) is 57.3 Å². The summed E-state index contributed by atoms with van der Waals surface area (Å²) in [5.74, 6) is 0.749. The summed E-state index contributed by atoms with van der Waals surface area (Å²) < 4.78 is 5.46. The number of aromatic nitrogens is 2. The number of carbonyl (C=O) groups excluding carboxylic acids is 1. The zero-order valence-electron chi connectivity index (χ0n) is 13.4. The highest BCUT2D eigenvalue weighted by molar-refractivity contribution is 7.99. The topological polar surface area (TPSA) is 55.3 Å². The Morgan fingerprint density at radius 1 is 1.55 bits per heavy atom. The van der Waals surface area contributed by atoms with Crippen LogP contribution in [0.4, 0.5) is 4.79 Å². The van der Waals surface area contributed by atoms with Crippen molar-refractivity contribution < 1.29 is 9.53 Å². The fourth-order valence-electron chi connectivity index (χ4n) is 2.22. The van der Waals surface area contributed by atoms with Crippen molar-refractivity contribution in [3.05, 3.63) is 16.9 Å². The largest absolute Gasteiger partial charge is 0.444 e. The average molecular weight is 344 g/mol. The fraction of sp³-hybridized carbons (Fsp3) is 0.667. The van der Waals surface area contributed by atoms with Gasteiger partial charge >= 0.3 is 6.09 Å². The van der Waals surface area contributed by atoms with E-state index in [1.54, 1.807) is 6.20 Å². The molecule has 0 radical (unpaired) electrons. The van der Waals surface area contributed by atoms with E-state index in [2.05, 4.69) is 9.97 Å². The van der Waals surface area contributed by atoms with Gasteiger partial charge in [-0.1, -0.05) is 23.4 Å². The minimum atomic E-state index is -0.467. The molecule has 2 heterocycles. The Morgan fingerprint density at radius 2 is 2.27 bits per heavy atom. The van der Waals surface area contributed by atoms with Crippen molar-refractivity contribution >= 4 is 29.5 Å². The molecular weight excluding hydrogens is 322 g/mol. The van der Waals surface area contributed by atoms with Gasteiger partial charge in [-0.15, -0.1) is 0 Å². The zero-order chi connectivity index (χ0) is 16.3. The standard InChI is InChI=1S/C15H22ClN3O2S/c1-10-8-17-13(18-12(10)16)22-9-11-6-5-7-19(11)14(20)21-15(2,3)4/h8,11H,5-7,9H2,1-4H3/t11-/m1/s1. The molecule has 0 N–H and O–H groups in total. The number of thioether (sulfide) groups is 1. The Balaban J connectivity index is 1.93. The van der Waals surface area contributed by atoms with E-state index in [1.165, 1.54) is 11.8 Å². The van der Waals surface area contributed by atoms with E-state index in [4.69, 9.17) is 16.3 Å². The minimum Gasteiger partial charge on any atom is -0.444 e. The molecule has 0 aliphatic carbocycles. The smallest absolute Gasteiger partial charge is 0.410 e. The van der Waals surface area contributed by atoms with E-state index in [0.29, 0.717) is 10.3 Å². The van der Waals surface area contributed by atoms with E-state index in [0.717, 1.165) is 30.7 Å². The molecule has 1 saturated heterocycles. The van der Waals surface area contributed by atoms with Crippen LogP contribution < -0.4 is 0 Å². The molecule has 5 nitrogen and oxygen atoms in total. The summed E-state index contributed by atoms with van der Waals surface area (Å²) in [5, 5.41) is 1.12. The van der Waals surface area contributed by atoms with Gasteiger partial charge in [0.15, 0.2) is 5.16 Å². The first-order chi connectivity index (χ1) is 10.3. The maximum absolute atomic E-state index is 12.2. The van der Waals surface area contributed by atoms with Crippen LogP contribution in [0.3, 0.4) is 0 Å². The Morgan fingerprint density at radius 3 is 2.91 bits per heavy atom. The lowest BCUT2D eigenvalue weighted by Gasteiger charge is -2.28. The minimum absolute atomic E-state index is 0.156. The monoisotopic (exact) mass is 343 g/mol. The normalized spacial score (nSPS) is 18.6. The number of ether oxygens (including phenoxy) is 1. The van der Waals surface area contributed by atoms with Gasteiger partial charge in [-0.05, 0) is 40.5 Å². The number of rotatable bonds is 3. The van der Waals surface area contributed by atoms with E-state index < -0.39 is 5.60 Å². The summed E-state index contributed by atoms with van der Waals surface area (Å²) in [5.41, 5.74) is 0.396. The molecule has 122 valence electrons. The van der Waals surface area contributed by atoms with Gasteiger partial charge in [-0.2, -0.15) is 0 Å². The molecular formula is C15H22ClN3O2S. The number of amides is 1. The maximum Gasteiger partial charge on any atom is 0.410 e. The van der Waals surface area contributed by atoms with Crippen LogP contribution in [0.2, 0.25) is 5.15 Å². The molecule has 1 aliphatic rings. The molecule has 1 aromatic heterocycles. The highest BCUT2D eigenvalue weighted by atomic mass is 35.5. The summed E-state index contributed by atoms with van der Waals surface area (Å²) in [6, 6.07) is 0.156. The Hall–Kier alpha value is -1.01. The van der Waals surface area contributed by atoms with Crippen LogP contribution in [0, 0.1) is 6.92 Å². The molecule has 1 atom stereocenters. The summed E-state index contributed by atoms with van der Waals surface area (Å²) in [7, 11) is 0. The number of aryl methyl sites for hydroxylation is 1. The lowest BCUT2D eigenvalue weighted by atomic mass is 10.2. The molecule has 0 bridgehead atoms. The summed E-state index contributed by atoms with van der Waals surface area (Å²) in [4.78, 5) is 22.5. The number of carbonyl (C=O) groups is 1. The second kappa shape index (κ2) is 7.04. The van der Waals surface area contributed by atoms with Gasteiger partial charge in [-0.25, -0.2) is 14.8 Å². The number of nitrogens with zero attached hydrogens (tertiary/aromatic N) is 3. The van der Waals surface area contributed by atoms with Crippen LogP contribution in [0.1, 0.15) is 39.2 Å². The van der Waals surface area contributed by atoms with E-state index >= 15 is 0 Å². The van der Waals surface area contributed by atoms with E-state index in [-0.39, 0.29) is 12.1 Å². The Kier molecular flexibility index (Phi) is 5.55. The van der Waals surface area contributed by atoms with Crippen molar-refractivity contribution in [1.82, 2.24) is 14.9 Å². The number of hydrogen-bond donors (Lipinski definition) is 0. The van der Waals surface area contributed by atoms with E-state index in [9.17, 15) is 4.79 Å². The van der Waals surface area contributed by atoms with Crippen molar-refractivity contribution in [2.75, 3.05) is 12.3 Å². The molecule has 0 aromatic carbocycles. The molecule has 2 rings (SSSR count). The lowest BCUT2D eigenvalue weighted by Crippen LogP contribution is -2.40. The van der Waals surface area contributed by atoms with Crippen molar-refractivity contribution in [2.24, 2.45) is 0 Å². The van der Waals surface area contributed by atoms with Crippen molar-refractivity contribution in [3.63, 3.8) is 0 Å². The van der Waals surface area contributed by atoms with Gasteiger partial charge in [0.05, 0.1) is 0 Å². The van der Waals surface area contributed by atoms with Gasteiger partial charge in [0, 0.05) is 30.1 Å². The van der Waals surface area contributed by atoms with Gasteiger partial charge in [0.25, 0.3) is 0 Å². The highest BCUT2D eigenvalue weighted by Crippen LogP contribution is 2.26. The second-order valence-corrected chi connectivity index (χ2v) is 7.75. The quantitative estimate of drug-likeness (QED) is 0.473. The molecule has 22 heavy (non-hydrogen) atoms. The van der Waals surface area contributed by atoms with Gasteiger partial charge in [0.1, 0.15) is 10.8 Å². The third kappa shape index (κ3) is 4.74. The summed E-state index contributed by atoms with van der Waals surface area (Å²) in [6.45, 7) is 8.26. The van der Waals surface area contributed by atoms with Crippen LogP contribution >= 0.6 is 23.4 Å². The van der Waals surface area contributed by atoms with Crippen molar-refractivity contribution in [3.8, 4) is 0 Å². The maximum atomic E-state index is 12.2. The summed E-state index contributed by atoms with van der Waals surface area (Å²) >= 11 is 7.54. The number of likely N-dealkylation sites (tertiary alicyclic amines) is 1. The summed E-state index contributed by atoms with van der Waals surface area (Å²) in [6.07, 6.45) is 3.46. The molecule has 0 unspecified atom stereocenters. The molecule has 1 fully saturated rings. The molecule has 1 amide bonds. The van der Waals surface area contributed by atoms with Gasteiger partial charge in [-0.3, -0.25) is 0 Å². The third-order valence-corrected chi connectivity index (χ3v) is 4.69. The second-order valence-electron chi connectivity index (χ2n) is 6.41. The zero-order valence-corrected chi connectivity index (χ0v) is 15.0. The molecule has 7 heteroatoms. The van der Waals surface area contributed by atoms with Crippen LogP contribution in [-0.2, 0) is 4.74 Å².